The van der Waals surface area contributed by atoms with Gasteiger partial charge in [-0.2, -0.15) is 0 Å². The maximum absolute atomic E-state index is 13.9. The van der Waals surface area contributed by atoms with Crippen LogP contribution in [0.25, 0.3) is 11.1 Å². The van der Waals surface area contributed by atoms with Crippen molar-refractivity contribution in [3.63, 3.8) is 0 Å². The molecule has 0 aromatic heterocycles. The van der Waals surface area contributed by atoms with Gasteiger partial charge in [-0.15, -0.1) is 0 Å². The molecule has 0 saturated heterocycles. The second-order valence-electron chi connectivity index (χ2n) is 13.2. The summed E-state index contributed by atoms with van der Waals surface area (Å²) in [5, 5.41) is 6.25. The minimum Gasteiger partial charge on any atom is -0.454 e. The molecule has 52 heavy (non-hydrogen) atoms. The molecule has 2 aliphatic rings. The summed E-state index contributed by atoms with van der Waals surface area (Å²) < 4.78 is 11.9. The molecule has 1 aliphatic heterocycles. The van der Waals surface area contributed by atoms with E-state index in [0.717, 1.165) is 27.8 Å². The number of carbonyl (C=O) groups excluding carboxylic acids is 4. The molecule has 4 atom stereocenters. The molecule has 9 nitrogen and oxygen atoms in total. The third-order valence-electron chi connectivity index (χ3n) is 9.83. The van der Waals surface area contributed by atoms with Crippen LogP contribution in [0.4, 0.5) is 4.79 Å². The van der Waals surface area contributed by atoms with Gasteiger partial charge in [0.05, 0.1) is 12.0 Å². The van der Waals surface area contributed by atoms with E-state index in [4.69, 9.17) is 21.1 Å². The van der Waals surface area contributed by atoms with Gasteiger partial charge in [-0.1, -0.05) is 115 Å². The van der Waals surface area contributed by atoms with Crippen LogP contribution in [-0.4, -0.2) is 54.5 Å². The van der Waals surface area contributed by atoms with Crippen molar-refractivity contribution in [1.82, 2.24) is 15.5 Å². The average molecular weight is 720 g/mol. The van der Waals surface area contributed by atoms with Crippen molar-refractivity contribution in [2.75, 3.05) is 13.7 Å². The number of ether oxygens (including phenoxy) is 2. The lowest BCUT2D eigenvalue weighted by molar-refractivity contribution is -0.158. The zero-order chi connectivity index (χ0) is 36.6. The van der Waals surface area contributed by atoms with Crippen LogP contribution in [0.5, 0.6) is 0 Å². The Morgan fingerprint density at radius 2 is 1.46 bits per heavy atom. The number of amides is 3. The second kappa shape index (κ2) is 16.7. The van der Waals surface area contributed by atoms with Crippen molar-refractivity contribution in [1.29, 1.82) is 0 Å². The summed E-state index contributed by atoms with van der Waals surface area (Å²) in [6.07, 6.45) is 2.22. The van der Waals surface area contributed by atoms with Crippen molar-refractivity contribution < 1.29 is 28.7 Å². The Bertz CT molecular complexity index is 1890. The van der Waals surface area contributed by atoms with E-state index in [1.807, 2.05) is 78.9 Å². The van der Waals surface area contributed by atoms with Gasteiger partial charge in [-0.25, -0.2) is 9.59 Å². The van der Waals surface area contributed by atoms with Crippen LogP contribution in [0.15, 0.2) is 115 Å². The molecule has 0 bridgehead atoms. The summed E-state index contributed by atoms with van der Waals surface area (Å²) in [5.41, 5.74) is 5.96. The summed E-state index contributed by atoms with van der Waals surface area (Å²) in [6.45, 7) is 2.19. The lowest BCUT2D eigenvalue weighted by Crippen LogP contribution is -2.47. The maximum Gasteiger partial charge on any atom is 0.407 e. The van der Waals surface area contributed by atoms with Gasteiger partial charge in [0.2, 0.25) is 11.8 Å². The highest BCUT2D eigenvalue weighted by Crippen LogP contribution is 2.44. The molecule has 4 aromatic rings. The number of fused-ring (bicyclic) bond motifs is 3. The Hall–Kier alpha value is -5.41. The molecule has 4 aromatic carbocycles. The van der Waals surface area contributed by atoms with Gasteiger partial charge >= 0.3 is 12.1 Å². The first-order valence-corrected chi connectivity index (χ1v) is 17.9. The molecule has 0 saturated carbocycles. The van der Waals surface area contributed by atoms with Crippen LogP contribution >= 0.6 is 11.6 Å². The number of hydrogen-bond acceptors (Lipinski definition) is 6. The molecule has 0 unspecified atom stereocenters. The third kappa shape index (κ3) is 8.54. The monoisotopic (exact) mass is 719 g/mol. The summed E-state index contributed by atoms with van der Waals surface area (Å²) in [7, 11) is 1.65. The highest BCUT2D eigenvalue weighted by atomic mass is 35.5. The van der Waals surface area contributed by atoms with Crippen molar-refractivity contribution >= 4 is 35.5 Å². The lowest BCUT2D eigenvalue weighted by atomic mass is 9.95. The highest BCUT2D eigenvalue weighted by molar-refractivity contribution is 6.30. The maximum atomic E-state index is 13.9. The molecule has 1 aliphatic carbocycles. The Labute approximate surface area is 309 Å². The molecular formula is C42H42ClN3O6. The Morgan fingerprint density at radius 1 is 0.846 bits per heavy atom. The zero-order valence-electron chi connectivity index (χ0n) is 29.2. The normalized spacial score (nSPS) is 21.1. The smallest absolute Gasteiger partial charge is 0.407 e. The molecule has 0 radical (unpaired) electrons. The van der Waals surface area contributed by atoms with Crippen LogP contribution < -0.4 is 10.6 Å². The third-order valence-corrected chi connectivity index (χ3v) is 10.1. The van der Waals surface area contributed by atoms with Crippen LogP contribution in [-0.2, 0) is 30.4 Å². The number of benzene rings is 4. The number of alkyl carbamates (subject to hydrolysis) is 1. The number of cyclic esters (lactones) is 1. The number of likely N-dealkylation sites (N-methyl/N-ethyl adjacent to an activating group) is 1. The van der Waals surface area contributed by atoms with E-state index >= 15 is 0 Å². The first-order valence-electron chi connectivity index (χ1n) is 17.5. The predicted molar refractivity (Wildman–Crippen MR) is 199 cm³/mol. The topological polar surface area (TPSA) is 114 Å². The number of carbonyl (C=O) groups is 4. The molecule has 1 heterocycles. The zero-order valence-corrected chi connectivity index (χ0v) is 29.9. The fraction of sp³-hybridized carbons (Fsp3) is 0.286. The average Bonchev–Trinajstić information content (AvgIpc) is 3.49. The van der Waals surface area contributed by atoms with Crippen molar-refractivity contribution in [2.45, 2.75) is 56.8 Å². The number of hydrogen-bond donors (Lipinski definition) is 2. The summed E-state index contributed by atoms with van der Waals surface area (Å²) in [4.78, 5) is 55.6. The first kappa shape index (κ1) is 36.4. The lowest BCUT2D eigenvalue weighted by Gasteiger charge is -2.35. The van der Waals surface area contributed by atoms with E-state index in [0.29, 0.717) is 17.1 Å². The number of rotatable bonds is 8. The fourth-order valence-electron chi connectivity index (χ4n) is 6.85. The second-order valence-corrected chi connectivity index (χ2v) is 13.7. The molecule has 2 N–H and O–H groups in total. The highest BCUT2D eigenvalue weighted by Gasteiger charge is 2.36. The number of allylic oxidation sites excluding steroid dienone is 1. The van der Waals surface area contributed by atoms with E-state index in [1.54, 1.807) is 38.3 Å². The van der Waals surface area contributed by atoms with Gasteiger partial charge in [0.15, 0.2) is 0 Å². The fourth-order valence-corrected chi connectivity index (χ4v) is 6.97. The number of nitrogens with one attached hydrogen (secondary N) is 2. The van der Waals surface area contributed by atoms with Gasteiger partial charge in [-0.05, 0) is 65.3 Å². The summed E-state index contributed by atoms with van der Waals surface area (Å²) >= 11 is 5.99. The molecule has 0 fully saturated rings. The molecule has 3 amide bonds. The van der Waals surface area contributed by atoms with E-state index in [-0.39, 0.29) is 43.6 Å². The quantitative estimate of drug-likeness (QED) is 0.145. The van der Waals surface area contributed by atoms with Crippen molar-refractivity contribution in [2.24, 2.45) is 5.92 Å². The summed E-state index contributed by atoms with van der Waals surface area (Å²) in [5.74, 6) is -1.98. The van der Waals surface area contributed by atoms with E-state index < -0.39 is 36.2 Å². The number of esters is 1. The number of halogens is 1. The molecule has 268 valence electrons. The van der Waals surface area contributed by atoms with Gasteiger partial charge in [-0.3, -0.25) is 9.59 Å². The minimum atomic E-state index is -1.06. The van der Waals surface area contributed by atoms with Crippen LogP contribution in [0.1, 0.15) is 60.5 Å². The van der Waals surface area contributed by atoms with Gasteiger partial charge in [0, 0.05) is 31.0 Å². The molecule has 6 rings (SSSR count). The van der Waals surface area contributed by atoms with Crippen molar-refractivity contribution in [3.05, 3.63) is 143 Å². The molecular weight excluding hydrogens is 678 g/mol. The van der Waals surface area contributed by atoms with Gasteiger partial charge in [0.25, 0.3) is 0 Å². The Morgan fingerprint density at radius 3 is 2.13 bits per heavy atom. The Kier molecular flexibility index (Phi) is 11.7. The van der Waals surface area contributed by atoms with E-state index in [2.05, 4.69) is 22.8 Å². The number of nitrogens with zero attached hydrogens (tertiary/aromatic N) is 1. The van der Waals surface area contributed by atoms with E-state index in [1.165, 1.54) is 4.90 Å². The van der Waals surface area contributed by atoms with Gasteiger partial charge < -0.3 is 25.0 Å². The molecule has 10 heteroatoms. The standard InChI is InChI=1S/C42H42ClN3O6/c1-27-39(29-12-4-3-5-13-29)52-41(49)37(45-42(50)51-26-36-34-17-9-7-15-32(34)33-16-8-10-18-35(33)36)19-11-6-14-30(40(48)46(27)2)24-38(47)44-25-28-20-22-31(43)23-21-28/h3-13,15-18,20-23,27,30,36-37,39H,14,19,24-26H2,1-2H3,(H,44,47)(H,45,50)/b11-6-/t27-,30-,37-,39-/m0/s1. The Balaban J connectivity index is 1.18. The van der Waals surface area contributed by atoms with Crippen molar-refractivity contribution in [3.8, 4) is 11.1 Å². The van der Waals surface area contributed by atoms with Crippen LogP contribution in [0.3, 0.4) is 0 Å². The predicted octanol–water partition coefficient (Wildman–Crippen LogP) is 7.35. The van der Waals surface area contributed by atoms with Gasteiger partial charge in [0.1, 0.15) is 18.8 Å². The van der Waals surface area contributed by atoms with Crippen LogP contribution in [0, 0.1) is 5.92 Å². The molecule has 0 spiro atoms. The largest absolute Gasteiger partial charge is 0.454 e. The first-order chi connectivity index (χ1) is 25.2. The summed E-state index contributed by atoms with van der Waals surface area (Å²) in [6, 6.07) is 30.8. The minimum absolute atomic E-state index is 0.0367. The van der Waals surface area contributed by atoms with E-state index in [9.17, 15) is 19.2 Å². The SMILES string of the molecule is C[C@H]1[C@@H](c2ccccc2)OC(=O)[C@@H](NC(=O)OCC2c3ccccc3-c3ccccc32)C/C=C\C[C@@H](CC(=O)NCc2ccc(Cl)cc2)C(=O)N1C. The van der Waals surface area contributed by atoms with Crippen LogP contribution in [0.2, 0.25) is 5.02 Å².